The molecule has 0 aliphatic heterocycles. The Balaban J connectivity index is 4.13. The molecule has 0 radical (unpaired) electrons. The van der Waals surface area contributed by atoms with Crippen molar-refractivity contribution in [3.8, 4) is 0 Å². The molecule has 0 rings (SSSR count). The first-order valence-corrected chi connectivity index (χ1v) is 7.22. The summed E-state index contributed by atoms with van der Waals surface area (Å²) in [6.45, 7) is 9.93. The number of hydrogen-bond donors (Lipinski definition) is 2. The zero-order valence-electron chi connectivity index (χ0n) is 13.3. The number of aliphatic carboxylic acids is 1. The summed E-state index contributed by atoms with van der Waals surface area (Å²) in [5.41, 5.74) is 0. The highest BCUT2D eigenvalue weighted by molar-refractivity contribution is 5.74. The summed E-state index contributed by atoms with van der Waals surface area (Å²) in [5.74, 6) is -0.826. The molecular weight excluding hydrogens is 258 g/mol. The number of carbonyl (C=O) groups excluding carboxylic acids is 1. The number of hydrogen-bond acceptors (Lipinski definition) is 3. The molecule has 0 aromatic rings. The number of carboxylic acids is 1. The molecule has 0 aromatic carbocycles. The molecule has 0 fully saturated rings. The van der Waals surface area contributed by atoms with Crippen LogP contribution in [0.1, 0.15) is 40.5 Å². The topological polar surface area (TPSA) is 72.9 Å². The van der Waals surface area contributed by atoms with Gasteiger partial charge in [0.15, 0.2) is 0 Å². The van der Waals surface area contributed by atoms with Crippen LogP contribution in [0.25, 0.3) is 0 Å². The fraction of sp³-hybridized carbons (Fsp3) is 0.857. The number of rotatable bonds is 9. The summed E-state index contributed by atoms with van der Waals surface area (Å²) >= 11 is 0. The van der Waals surface area contributed by atoms with E-state index in [2.05, 4.69) is 24.1 Å². The molecule has 0 aliphatic rings. The van der Waals surface area contributed by atoms with Crippen molar-refractivity contribution in [1.82, 2.24) is 15.1 Å². The first-order valence-electron chi connectivity index (χ1n) is 7.22. The van der Waals surface area contributed by atoms with E-state index < -0.39 is 5.97 Å². The Kier molecular flexibility index (Phi) is 8.96. The maximum absolute atomic E-state index is 12.1. The van der Waals surface area contributed by atoms with E-state index in [4.69, 9.17) is 5.11 Å². The smallest absolute Gasteiger partial charge is 0.317 e. The minimum absolute atomic E-state index is 0.0617. The number of likely N-dealkylation sites (N-methyl/N-ethyl adjacent to an activating group) is 1. The van der Waals surface area contributed by atoms with Crippen molar-refractivity contribution < 1.29 is 14.7 Å². The second-order valence-electron chi connectivity index (χ2n) is 5.59. The van der Waals surface area contributed by atoms with E-state index in [-0.39, 0.29) is 18.5 Å². The highest BCUT2D eigenvalue weighted by Crippen LogP contribution is 2.02. The van der Waals surface area contributed by atoms with Crippen LogP contribution in [0, 0.1) is 0 Å². The van der Waals surface area contributed by atoms with Gasteiger partial charge in [-0.05, 0) is 41.2 Å². The SMILES string of the molecule is CC(C)N(C)CCNC(=O)N(CCCC(=O)O)C(C)C. The van der Waals surface area contributed by atoms with Gasteiger partial charge in [0.05, 0.1) is 0 Å². The quantitative estimate of drug-likeness (QED) is 0.676. The molecule has 0 saturated carbocycles. The first-order chi connectivity index (χ1) is 9.25. The van der Waals surface area contributed by atoms with Gasteiger partial charge in [-0.2, -0.15) is 0 Å². The monoisotopic (exact) mass is 287 g/mol. The minimum Gasteiger partial charge on any atom is -0.481 e. The summed E-state index contributed by atoms with van der Waals surface area (Å²) in [6.07, 6.45) is 0.569. The fourth-order valence-electron chi connectivity index (χ4n) is 1.69. The van der Waals surface area contributed by atoms with Gasteiger partial charge in [0.2, 0.25) is 0 Å². The summed E-state index contributed by atoms with van der Waals surface area (Å²) in [5, 5.41) is 11.5. The number of carboxylic acid groups (broad SMARTS) is 1. The Morgan fingerprint density at radius 3 is 2.15 bits per heavy atom. The zero-order valence-corrected chi connectivity index (χ0v) is 13.3. The standard InChI is InChI=1S/C14H29N3O3/c1-11(2)16(5)10-8-15-14(20)17(12(3)4)9-6-7-13(18)19/h11-12H,6-10H2,1-5H3,(H,15,20)(H,18,19). The van der Waals surface area contributed by atoms with Crippen LogP contribution < -0.4 is 5.32 Å². The summed E-state index contributed by atoms with van der Waals surface area (Å²) in [7, 11) is 2.02. The molecule has 20 heavy (non-hydrogen) atoms. The first kappa shape index (κ1) is 18.7. The van der Waals surface area contributed by atoms with Crippen LogP contribution in [0.2, 0.25) is 0 Å². The van der Waals surface area contributed by atoms with Gasteiger partial charge in [-0.25, -0.2) is 4.79 Å². The van der Waals surface area contributed by atoms with Crippen LogP contribution in [0.5, 0.6) is 0 Å². The molecular formula is C14H29N3O3. The average Bonchev–Trinajstić information content (AvgIpc) is 2.33. The van der Waals surface area contributed by atoms with Gasteiger partial charge in [0, 0.05) is 38.1 Å². The highest BCUT2D eigenvalue weighted by atomic mass is 16.4. The molecule has 0 aliphatic carbocycles. The van der Waals surface area contributed by atoms with E-state index in [1.807, 2.05) is 20.9 Å². The normalized spacial score (nSPS) is 11.2. The van der Waals surface area contributed by atoms with Crippen molar-refractivity contribution in [3.63, 3.8) is 0 Å². The summed E-state index contributed by atoms with van der Waals surface area (Å²) in [4.78, 5) is 26.4. The lowest BCUT2D eigenvalue weighted by atomic mass is 10.2. The Morgan fingerprint density at radius 1 is 1.10 bits per heavy atom. The van der Waals surface area contributed by atoms with E-state index in [1.54, 1.807) is 4.90 Å². The third-order valence-electron chi connectivity index (χ3n) is 3.30. The molecule has 0 aromatic heterocycles. The Bertz CT molecular complexity index is 306. The van der Waals surface area contributed by atoms with Crippen LogP contribution >= 0.6 is 0 Å². The molecule has 0 unspecified atom stereocenters. The van der Waals surface area contributed by atoms with Crippen molar-refractivity contribution in [2.24, 2.45) is 0 Å². The maximum Gasteiger partial charge on any atom is 0.317 e. The summed E-state index contributed by atoms with van der Waals surface area (Å²) in [6, 6.07) is 0.387. The zero-order chi connectivity index (χ0) is 15.7. The van der Waals surface area contributed by atoms with Crippen molar-refractivity contribution in [3.05, 3.63) is 0 Å². The lowest BCUT2D eigenvalue weighted by Gasteiger charge is -2.28. The molecule has 0 atom stereocenters. The van der Waals surface area contributed by atoms with Crippen LogP contribution in [0.15, 0.2) is 0 Å². The number of amides is 2. The highest BCUT2D eigenvalue weighted by Gasteiger charge is 2.16. The largest absolute Gasteiger partial charge is 0.481 e. The van der Waals surface area contributed by atoms with Gasteiger partial charge in [-0.3, -0.25) is 4.79 Å². The number of nitrogens with zero attached hydrogens (tertiary/aromatic N) is 2. The lowest BCUT2D eigenvalue weighted by molar-refractivity contribution is -0.137. The molecule has 6 heteroatoms. The molecule has 118 valence electrons. The molecule has 2 N–H and O–H groups in total. The predicted molar refractivity (Wildman–Crippen MR) is 79.9 cm³/mol. The van der Waals surface area contributed by atoms with E-state index in [9.17, 15) is 9.59 Å². The maximum atomic E-state index is 12.1. The Labute approximate surface area is 122 Å². The predicted octanol–water partition coefficient (Wildman–Crippen LogP) is 1.61. The number of nitrogens with one attached hydrogen (secondary N) is 1. The number of carbonyl (C=O) groups is 2. The molecule has 2 amide bonds. The second kappa shape index (κ2) is 9.58. The van der Waals surface area contributed by atoms with Crippen LogP contribution in [0.3, 0.4) is 0 Å². The van der Waals surface area contributed by atoms with Gasteiger partial charge in [0.25, 0.3) is 0 Å². The lowest BCUT2D eigenvalue weighted by Crippen LogP contribution is -2.46. The Hall–Kier alpha value is -1.30. The average molecular weight is 287 g/mol. The third-order valence-corrected chi connectivity index (χ3v) is 3.30. The minimum atomic E-state index is -0.826. The van der Waals surface area contributed by atoms with Gasteiger partial charge < -0.3 is 20.2 Å². The molecule has 0 bridgehead atoms. The fourth-order valence-corrected chi connectivity index (χ4v) is 1.69. The third kappa shape index (κ3) is 7.99. The van der Waals surface area contributed by atoms with Crippen molar-refractivity contribution in [2.75, 3.05) is 26.7 Å². The van der Waals surface area contributed by atoms with Gasteiger partial charge in [-0.15, -0.1) is 0 Å². The molecule has 0 saturated heterocycles. The van der Waals surface area contributed by atoms with Crippen molar-refractivity contribution in [2.45, 2.75) is 52.6 Å². The second-order valence-corrected chi connectivity index (χ2v) is 5.59. The van der Waals surface area contributed by atoms with E-state index >= 15 is 0 Å². The van der Waals surface area contributed by atoms with Crippen molar-refractivity contribution in [1.29, 1.82) is 0 Å². The molecule has 0 heterocycles. The number of urea groups is 1. The van der Waals surface area contributed by atoms with Gasteiger partial charge >= 0.3 is 12.0 Å². The Morgan fingerprint density at radius 2 is 1.70 bits per heavy atom. The van der Waals surface area contributed by atoms with Gasteiger partial charge in [-0.1, -0.05) is 0 Å². The van der Waals surface area contributed by atoms with Gasteiger partial charge in [0.1, 0.15) is 0 Å². The van der Waals surface area contributed by atoms with Crippen LogP contribution in [-0.2, 0) is 4.79 Å². The van der Waals surface area contributed by atoms with E-state index in [0.717, 1.165) is 6.54 Å². The molecule has 6 nitrogen and oxygen atoms in total. The van der Waals surface area contributed by atoms with Crippen LogP contribution in [-0.4, -0.2) is 65.7 Å². The summed E-state index contributed by atoms with van der Waals surface area (Å²) < 4.78 is 0. The van der Waals surface area contributed by atoms with Crippen molar-refractivity contribution >= 4 is 12.0 Å². The van der Waals surface area contributed by atoms with Crippen LogP contribution in [0.4, 0.5) is 4.79 Å². The van der Waals surface area contributed by atoms with E-state index in [1.165, 1.54) is 0 Å². The van der Waals surface area contributed by atoms with E-state index in [0.29, 0.717) is 25.6 Å². The molecule has 0 spiro atoms.